The van der Waals surface area contributed by atoms with Crippen LogP contribution in [0.25, 0.3) is 0 Å². The SMILES string of the molecule is CCOC(=O)c1c(NC(=S)Nc2ncn(Cc3ccccc3C)n2)sc2c1CCCCC2. The fourth-order valence-corrected chi connectivity index (χ4v) is 5.42. The second-order valence-corrected chi connectivity index (χ2v) is 9.27. The lowest BCUT2D eigenvalue weighted by Gasteiger charge is -2.10. The van der Waals surface area contributed by atoms with Crippen LogP contribution in [0.2, 0.25) is 0 Å². The van der Waals surface area contributed by atoms with E-state index in [2.05, 4.69) is 39.8 Å². The normalized spacial score (nSPS) is 13.2. The topological polar surface area (TPSA) is 81.1 Å². The number of aryl methyl sites for hydroxylation is 2. The molecule has 168 valence electrons. The Hall–Kier alpha value is -2.78. The van der Waals surface area contributed by atoms with E-state index in [4.69, 9.17) is 17.0 Å². The lowest BCUT2D eigenvalue weighted by Crippen LogP contribution is -2.21. The van der Waals surface area contributed by atoms with Gasteiger partial charge < -0.3 is 10.1 Å². The van der Waals surface area contributed by atoms with E-state index in [0.717, 1.165) is 36.2 Å². The molecule has 9 heteroatoms. The van der Waals surface area contributed by atoms with Gasteiger partial charge in [-0.15, -0.1) is 16.4 Å². The highest BCUT2D eigenvalue weighted by Crippen LogP contribution is 2.38. The molecule has 32 heavy (non-hydrogen) atoms. The summed E-state index contributed by atoms with van der Waals surface area (Å²) in [7, 11) is 0. The summed E-state index contributed by atoms with van der Waals surface area (Å²) in [5.74, 6) is 0.115. The smallest absolute Gasteiger partial charge is 0.341 e. The van der Waals surface area contributed by atoms with Crippen molar-refractivity contribution in [2.24, 2.45) is 0 Å². The fraction of sp³-hybridized carbons (Fsp3) is 0.391. The Kier molecular flexibility index (Phi) is 7.16. The highest BCUT2D eigenvalue weighted by molar-refractivity contribution is 7.80. The van der Waals surface area contributed by atoms with Crippen molar-refractivity contribution in [2.45, 2.75) is 52.5 Å². The summed E-state index contributed by atoms with van der Waals surface area (Å²) >= 11 is 7.09. The zero-order valence-corrected chi connectivity index (χ0v) is 19.9. The molecule has 7 nitrogen and oxygen atoms in total. The van der Waals surface area contributed by atoms with Crippen molar-refractivity contribution in [1.29, 1.82) is 0 Å². The summed E-state index contributed by atoms with van der Waals surface area (Å²) < 4.78 is 7.11. The molecule has 3 aromatic rings. The second-order valence-electron chi connectivity index (χ2n) is 7.76. The van der Waals surface area contributed by atoms with Gasteiger partial charge in [0.2, 0.25) is 5.95 Å². The Morgan fingerprint density at radius 2 is 2.03 bits per heavy atom. The number of ether oxygens (including phenoxy) is 1. The molecule has 2 heterocycles. The summed E-state index contributed by atoms with van der Waals surface area (Å²) in [5.41, 5.74) is 4.12. The predicted molar refractivity (Wildman–Crippen MR) is 132 cm³/mol. The van der Waals surface area contributed by atoms with Gasteiger partial charge in [0.1, 0.15) is 11.3 Å². The van der Waals surface area contributed by atoms with Crippen LogP contribution < -0.4 is 10.6 Å². The number of benzene rings is 1. The molecule has 1 aliphatic carbocycles. The lowest BCUT2D eigenvalue weighted by molar-refractivity contribution is 0.0527. The van der Waals surface area contributed by atoms with Crippen LogP contribution in [0.15, 0.2) is 30.6 Å². The monoisotopic (exact) mass is 469 g/mol. The maximum atomic E-state index is 12.7. The van der Waals surface area contributed by atoms with Gasteiger partial charge in [-0.1, -0.05) is 30.7 Å². The first-order valence-electron chi connectivity index (χ1n) is 10.9. The number of carbonyl (C=O) groups is 1. The number of nitrogens with one attached hydrogen (secondary N) is 2. The van der Waals surface area contributed by atoms with Gasteiger partial charge in [-0.2, -0.15) is 0 Å². The van der Waals surface area contributed by atoms with Crippen molar-refractivity contribution < 1.29 is 9.53 Å². The molecule has 2 aromatic heterocycles. The van der Waals surface area contributed by atoms with Crippen LogP contribution >= 0.6 is 23.6 Å². The molecule has 1 aliphatic rings. The summed E-state index contributed by atoms with van der Waals surface area (Å²) in [5, 5.41) is 11.8. The number of thiocarbonyl (C=S) groups is 1. The number of hydrogen-bond donors (Lipinski definition) is 2. The van der Waals surface area contributed by atoms with Crippen molar-refractivity contribution in [3.63, 3.8) is 0 Å². The number of hydrogen-bond acceptors (Lipinski definition) is 6. The van der Waals surface area contributed by atoms with E-state index in [-0.39, 0.29) is 5.97 Å². The third-order valence-corrected chi connectivity index (χ3v) is 6.89. The first-order chi connectivity index (χ1) is 15.5. The van der Waals surface area contributed by atoms with Gasteiger partial charge in [0.05, 0.1) is 18.7 Å². The number of rotatable bonds is 6. The molecule has 0 spiro atoms. The van der Waals surface area contributed by atoms with Crippen LogP contribution in [0.3, 0.4) is 0 Å². The quantitative estimate of drug-likeness (QED) is 0.300. The van der Waals surface area contributed by atoms with E-state index in [1.165, 1.54) is 22.4 Å². The minimum absolute atomic E-state index is 0.294. The van der Waals surface area contributed by atoms with Crippen LogP contribution in [0.1, 0.15) is 58.1 Å². The molecule has 0 saturated carbocycles. The van der Waals surface area contributed by atoms with Gasteiger partial charge in [-0.3, -0.25) is 5.32 Å². The van der Waals surface area contributed by atoms with Crippen molar-refractivity contribution >= 4 is 45.6 Å². The molecule has 4 rings (SSSR count). The molecule has 0 atom stereocenters. The number of anilines is 2. The Morgan fingerprint density at radius 3 is 2.84 bits per heavy atom. The molecule has 0 saturated heterocycles. The standard InChI is InChI=1S/C23H27N5O2S2/c1-3-30-21(29)19-17-11-5-4-6-12-18(17)32-20(19)25-23(31)26-22-24-14-28(27-22)13-16-10-8-7-9-15(16)2/h7-10,14H,3-6,11-13H2,1-2H3,(H2,25,26,27,31). The van der Waals surface area contributed by atoms with Crippen molar-refractivity contribution in [3.05, 3.63) is 57.7 Å². The summed E-state index contributed by atoms with van der Waals surface area (Å²) in [6.45, 7) is 4.87. The van der Waals surface area contributed by atoms with E-state index < -0.39 is 0 Å². The molecule has 0 aliphatic heterocycles. The number of nitrogens with zero attached hydrogens (tertiary/aromatic N) is 3. The minimum Gasteiger partial charge on any atom is -0.462 e. The number of esters is 1. The molecule has 0 unspecified atom stereocenters. The Morgan fingerprint density at radius 1 is 1.22 bits per heavy atom. The van der Waals surface area contributed by atoms with Crippen LogP contribution in [-0.2, 0) is 24.1 Å². The zero-order chi connectivity index (χ0) is 22.5. The van der Waals surface area contributed by atoms with Crippen molar-refractivity contribution in [1.82, 2.24) is 14.8 Å². The number of fused-ring (bicyclic) bond motifs is 1. The van der Waals surface area contributed by atoms with Gasteiger partial charge in [-0.05, 0) is 68.4 Å². The molecule has 1 aromatic carbocycles. The summed E-state index contributed by atoms with van der Waals surface area (Å²) in [6, 6.07) is 8.19. The fourth-order valence-electron chi connectivity index (χ4n) is 3.88. The Bertz CT molecular complexity index is 1120. The second kappa shape index (κ2) is 10.2. The minimum atomic E-state index is -0.294. The van der Waals surface area contributed by atoms with Crippen LogP contribution in [0.4, 0.5) is 10.9 Å². The van der Waals surface area contributed by atoms with E-state index in [9.17, 15) is 4.79 Å². The largest absolute Gasteiger partial charge is 0.462 e. The van der Waals surface area contributed by atoms with E-state index in [0.29, 0.717) is 29.8 Å². The number of carbonyl (C=O) groups excluding carboxylic acids is 1. The highest BCUT2D eigenvalue weighted by atomic mass is 32.1. The molecule has 0 bridgehead atoms. The molecule has 0 fully saturated rings. The third-order valence-electron chi connectivity index (χ3n) is 5.48. The average Bonchev–Trinajstić information content (AvgIpc) is 3.26. The lowest BCUT2D eigenvalue weighted by atomic mass is 10.1. The van der Waals surface area contributed by atoms with E-state index in [1.807, 2.05) is 19.1 Å². The molecule has 2 N–H and O–H groups in total. The number of thiophene rings is 1. The first-order valence-corrected chi connectivity index (χ1v) is 12.1. The van der Waals surface area contributed by atoms with Crippen molar-refractivity contribution in [2.75, 3.05) is 17.2 Å². The molecular weight excluding hydrogens is 442 g/mol. The first kappa shape index (κ1) is 22.4. The Balaban J connectivity index is 1.47. The Labute approximate surface area is 197 Å². The van der Waals surface area contributed by atoms with E-state index >= 15 is 0 Å². The molecular formula is C23H27N5O2S2. The number of aromatic nitrogens is 3. The summed E-state index contributed by atoms with van der Waals surface area (Å²) in [4.78, 5) is 18.3. The van der Waals surface area contributed by atoms with Gasteiger partial charge in [-0.25, -0.2) is 14.5 Å². The van der Waals surface area contributed by atoms with Crippen LogP contribution in [0, 0.1) is 6.92 Å². The average molecular weight is 470 g/mol. The maximum Gasteiger partial charge on any atom is 0.341 e. The molecule has 0 amide bonds. The summed E-state index contributed by atoms with van der Waals surface area (Å²) in [6.07, 6.45) is 6.96. The maximum absolute atomic E-state index is 12.7. The van der Waals surface area contributed by atoms with Gasteiger partial charge >= 0.3 is 5.97 Å². The van der Waals surface area contributed by atoms with Crippen LogP contribution in [0.5, 0.6) is 0 Å². The zero-order valence-electron chi connectivity index (χ0n) is 18.3. The van der Waals surface area contributed by atoms with Gasteiger partial charge in [0.15, 0.2) is 5.11 Å². The molecule has 0 radical (unpaired) electrons. The van der Waals surface area contributed by atoms with E-state index in [1.54, 1.807) is 22.3 Å². The highest BCUT2D eigenvalue weighted by Gasteiger charge is 2.26. The third kappa shape index (κ3) is 5.16. The van der Waals surface area contributed by atoms with Gasteiger partial charge in [0.25, 0.3) is 0 Å². The van der Waals surface area contributed by atoms with Crippen molar-refractivity contribution in [3.8, 4) is 0 Å². The predicted octanol–water partition coefficient (Wildman–Crippen LogP) is 4.95. The van der Waals surface area contributed by atoms with Gasteiger partial charge in [0, 0.05) is 4.88 Å². The van der Waals surface area contributed by atoms with Crippen LogP contribution in [-0.4, -0.2) is 32.5 Å².